The lowest BCUT2D eigenvalue weighted by atomic mass is 10.1. The Hall–Kier alpha value is -3.04. The van der Waals surface area contributed by atoms with Crippen molar-refractivity contribution in [2.24, 2.45) is 0 Å². The van der Waals surface area contributed by atoms with Crippen molar-refractivity contribution in [1.29, 1.82) is 0 Å². The molecule has 7 nitrogen and oxygen atoms in total. The minimum Gasteiger partial charge on any atom is -0.376 e. The van der Waals surface area contributed by atoms with Gasteiger partial charge in [0.2, 0.25) is 0 Å². The number of aliphatic hydroxyl groups is 1. The van der Waals surface area contributed by atoms with E-state index in [4.69, 9.17) is 5.11 Å². The molecule has 0 saturated carbocycles. The molecule has 2 aromatic carbocycles. The maximum atomic E-state index is 13.2. The highest BCUT2D eigenvalue weighted by Crippen LogP contribution is 2.25. The van der Waals surface area contributed by atoms with E-state index in [9.17, 15) is 17.6 Å². The minimum absolute atomic E-state index is 0.0514. The highest BCUT2D eigenvalue weighted by Gasteiger charge is 2.17. The maximum Gasteiger partial charge on any atom is 0.273 e. The maximum absolute atomic E-state index is 13.2. The zero-order valence-electron chi connectivity index (χ0n) is 14.3. The molecule has 1 amide bonds. The molecule has 2 N–H and O–H groups in total. The molecule has 1 heterocycles. The molecule has 140 valence electrons. The first-order chi connectivity index (χ1) is 12.8. The SMILES string of the molecule is CS(=O)(=O)c1ccc(-c2cc(C(=O)NCO)nn2-c2ccc(F)cc2)cc1. The quantitative estimate of drug-likeness (QED) is 0.648. The van der Waals surface area contributed by atoms with Gasteiger partial charge in [-0.3, -0.25) is 4.79 Å². The molecule has 1 aromatic heterocycles. The Labute approximate surface area is 155 Å². The molecular formula is C18H16FN3O4S. The largest absolute Gasteiger partial charge is 0.376 e. The van der Waals surface area contributed by atoms with Crippen molar-refractivity contribution in [1.82, 2.24) is 15.1 Å². The zero-order chi connectivity index (χ0) is 19.6. The van der Waals surface area contributed by atoms with Crippen LogP contribution < -0.4 is 5.32 Å². The molecule has 0 radical (unpaired) electrons. The van der Waals surface area contributed by atoms with Crippen LogP contribution in [0.3, 0.4) is 0 Å². The van der Waals surface area contributed by atoms with Crippen LogP contribution >= 0.6 is 0 Å². The minimum atomic E-state index is -3.34. The molecule has 0 aliphatic rings. The summed E-state index contributed by atoms with van der Waals surface area (Å²) in [5.74, 6) is -0.990. The number of carbonyl (C=O) groups excluding carboxylic acids is 1. The highest BCUT2D eigenvalue weighted by molar-refractivity contribution is 7.90. The number of rotatable bonds is 5. The Bertz CT molecular complexity index is 1070. The van der Waals surface area contributed by atoms with Gasteiger partial charge < -0.3 is 10.4 Å². The highest BCUT2D eigenvalue weighted by atomic mass is 32.2. The van der Waals surface area contributed by atoms with Crippen molar-refractivity contribution in [3.63, 3.8) is 0 Å². The molecule has 0 spiro atoms. The molecular weight excluding hydrogens is 373 g/mol. The van der Waals surface area contributed by atoms with Gasteiger partial charge in [0.1, 0.15) is 12.5 Å². The fourth-order valence-electron chi connectivity index (χ4n) is 2.51. The molecule has 0 unspecified atom stereocenters. The van der Waals surface area contributed by atoms with Crippen molar-refractivity contribution in [2.45, 2.75) is 4.90 Å². The third kappa shape index (κ3) is 4.04. The zero-order valence-corrected chi connectivity index (χ0v) is 15.1. The van der Waals surface area contributed by atoms with Crippen LogP contribution in [0.15, 0.2) is 59.5 Å². The molecule has 0 aliphatic carbocycles. The lowest BCUT2D eigenvalue weighted by Crippen LogP contribution is -2.24. The van der Waals surface area contributed by atoms with Crippen LogP contribution in [0.4, 0.5) is 4.39 Å². The van der Waals surface area contributed by atoms with Crippen LogP contribution in [0.5, 0.6) is 0 Å². The first-order valence-electron chi connectivity index (χ1n) is 7.85. The molecule has 9 heteroatoms. The van der Waals surface area contributed by atoms with Crippen LogP contribution in [0, 0.1) is 5.82 Å². The summed E-state index contributed by atoms with van der Waals surface area (Å²) in [7, 11) is -3.34. The molecule has 3 rings (SSSR count). The Morgan fingerprint density at radius 2 is 1.78 bits per heavy atom. The number of sulfone groups is 1. The second-order valence-electron chi connectivity index (χ2n) is 5.76. The van der Waals surface area contributed by atoms with Crippen LogP contribution in [-0.2, 0) is 9.84 Å². The third-order valence-corrected chi connectivity index (χ3v) is 4.96. The van der Waals surface area contributed by atoms with Gasteiger partial charge in [0.25, 0.3) is 5.91 Å². The van der Waals surface area contributed by atoms with Crippen molar-refractivity contribution in [3.05, 3.63) is 66.1 Å². The molecule has 0 fully saturated rings. The monoisotopic (exact) mass is 389 g/mol. The van der Waals surface area contributed by atoms with Crippen LogP contribution in [0.1, 0.15) is 10.5 Å². The molecule has 27 heavy (non-hydrogen) atoms. The fourth-order valence-corrected chi connectivity index (χ4v) is 3.14. The lowest BCUT2D eigenvalue weighted by molar-refractivity contribution is 0.0904. The average molecular weight is 389 g/mol. The van der Waals surface area contributed by atoms with Gasteiger partial charge in [-0.25, -0.2) is 17.5 Å². The van der Waals surface area contributed by atoms with Gasteiger partial charge in [0, 0.05) is 11.8 Å². The Kier molecular flexibility index (Phi) is 5.06. The number of aromatic nitrogens is 2. The van der Waals surface area contributed by atoms with E-state index >= 15 is 0 Å². The second-order valence-corrected chi connectivity index (χ2v) is 7.78. The van der Waals surface area contributed by atoms with Gasteiger partial charge in [0.15, 0.2) is 15.5 Å². The predicted octanol–water partition coefficient (Wildman–Crippen LogP) is 1.76. The molecule has 0 atom stereocenters. The number of benzene rings is 2. The van der Waals surface area contributed by atoms with E-state index in [1.807, 2.05) is 0 Å². The Morgan fingerprint density at radius 3 is 2.33 bits per heavy atom. The summed E-state index contributed by atoms with van der Waals surface area (Å²) in [5, 5.41) is 15.4. The number of halogens is 1. The number of carbonyl (C=O) groups is 1. The molecule has 3 aromatic rings. The Morgan fingerprint density at radius 1 is 1.15 bits per heavy atom. The third-order valence-electron chi connectivity index (χ3n) is 3.83. The fraction of sp³-hybridized carbons (Fsp3) is 0.111. The summed E-state index contributed by atoms with van der Waals surface area (Å²) in [5.41, 5.74) is 1.68. The van der Waals surface area contributed by atoms with E-state index in [1.54, 1.807) is 12.1 Å². The number of hydrogen-bond acceptors (Lipinski definition) is 5. The van der Waals surface area contributed by atoms with Gasteiger partial charge >= 0.3 is 0 Å². The van der Waals surface area contributed by atoms with Gasteiger partial charge in [-0.2, -0.15) is 5.10 Å². The first-order valence-corrected chi connectivity index (χ1v) is 9.74. The average Bonchev–Trinajstić information content (AvgIpc) is 3.07. The van der Waals surface area contributed by atoms with Gasteiger partial charge in [-0.15, -0.1) is 0 Å². The van der Waals surface area contributed by atoms with Gasteiger partial charge in [0.05, 0.1) is 16.3 Å². The Balaban J connectivity index is 2.12. The molecule has 0 bridgehead atoms. The van der Waals surface area contributed by atoms with E-state index in [0.717, 1.165) is 6.26 Å². The van der Waals surface area contributed by atoms with Crippen LogP contribution in [0.2, 0.25) is 0 Å². The predicted molar refractivity (Wildman–Crippen MR) is 96.6 cm³/mol. The van der Waals surface area contributed by atoms with E-state index < -0.39 is 28.3 Å². The smallest absolute Gasteiger partial charge is 0.273 e. The van der Waals surface area contributed by atoms with Crippen molar-refractivity contribution >= 4 is 15.7 Å². The normalized spacial score (nSPS) is 11.4. The van der Waals surface area contributed by atoms with Gasteiger partial charge in [-0.1, -0.05) is 12.1 Å². The van der Waals surface area contributed by atoms with E-state index in [1.165, 1.54) is 47.1 Å². The second kappa shape index (κ2) is 7.29. The topological polar surface area (TPSA) is 101 Å². The molecule has 0 aliphatic heterocycles. The number of hydrogen-bond donors (Lipinski definition) is 2. The van der Waals surface area contributed by atoms with E-state index in [0.29, 0.717) is 16.9 Å². The van der Waals surface area contributed by atoms with E-state index in [2.05, 4.69) is 10.4 Å². The number of nitrogens with one attached hydrogen (secondary N) is 1. The van der Waals surface area contributed by atoms with Crippen molar-refractivity contribution in [3.8, 4) is 16.9 Å². The summed E-state index contributed by atoms with van der Waals surface area (Å²) in [6.07, 6.45) is 1.11. The van der Waals surface area contributed by atoms with Crippen LogP contribution in [-0.4, -0.2) is 42.2 Å². The molecule has 0 saturated heterocycles. The van der Waals surface area contributed by atoms with Gasteiger partial charge in [-0.05, 0) is 42.5 Å². The summed E-state index contributed by atoms with van der Waals surface area (Å²) >= 11 is 0. The van der Waals surface area contributed by atoms with Crippen LogP contribution in [0.25, 0.3) is 16.9 Å². The standard InChI is InChI=1S/C18H16FN3O4S/c1-27(25,26)15-8-2-12(3-9-15)17-10-16(18(24)20-11-23)21-22(17)14-6-4-13(19)5-7-14/h2-10,23H,11H2,1H3,(H,20,24). The first kappa shape index (κ1) is 18.7. The number of nitrogens with zero attached hydrogens (tertiary/aromatic N) is 2. The van der Waals surface area contributed by atoms with E-state index in [-0.39, 0.29) is 10.6 Å². The van der Waals surface area contributed by atoms with Crippen molar-refractivity contribution < 1.29 is 22.7 Å². The number of aliphatic hydroxyl groups excluding tert-OH is 1. The summed E-state index contributed by atoms with van der Waals surface area (Å²) in [4.78, 5) is 12.2. The number of amides is 1. The summed E-state index contributed by atoms with van der Waals surface area (Å²) in [6.45, 7) is -0.541. The summed E-state index contributed by atoms with van der Waals surface area (Å²) < 4.78 is 38.0. The van der Waals surface area contributed by atoms with Crippen molar-refractivity contribution in [2.75, 3.05) is 13.0 Å². The lowest BCUT2D eigenvalue weighted by Gasteiger charge is -2.08. The summed E-state index contributed by atoms with van der Waals surface area (Å²) in [6, 6.07) is 13.2.